The molecular weight excluding hydrogens is 379 g/mol. The molecule has 20 heavy (non-hydrogen) atoms. The first-order chi connectivity index (χ1) is 9.47. The van der Waals surface area contributed by atoms with Gasteiger partial charge in [-0.1, -0.05) is 0 Å². The van der Waals surface area contributed by atoms with Gasteiger partial charge in [0.05, 0.1) is 4.92 Å². The van der Waals surface area contributed by atoms with Crippen LogP contribution in [0.15, 0.2) is 30.6 Å². The number of hydrogen-bond acceptors (Lipinski definition) is 6. The minimum atomic E-state index is -0.759. The van der Waals surface area contributed by atoms with Gasteiger partial charge in [-0.3, -0.25) is 14.9 Å². The zero-order chi connectivity index (χ0) is 14.7. The third kappa shape index (κ3) is 3.17. The fourth-order valence-electron chi connectivity index (χ4n) is 1.35. The van der Waals surface area contributed by atoms with E-state index in [0.29, 0.717) is 0 Å². The van der Waals surface area contributed by atoms with Crippen LogP contribution in [0.5, 0.6) is 11.8 Å². The molecular formula is C11H7IN4O4. The van der Waals surface area contributed by atoms with Crippen LogP contribution in [0.3, 0.4) is 0 Å². The summed E-state index contributed by atoms with van der Waals surface area (Å²) in [6.07, 6.45) is 3.01. The standard InChI is InChI=1S/C11H7IN4O4/c12-7-4-14-11(15-5-7)20-9-2-1-6(10(13)17)3-8(9)16(18)19/h1-5H,(H2,13,17). The van der Waals surface area contributed by atoms with Gasteiger partial charge in [0.2, 0.25) is 11.7 Å². The number of nitrogens with zero attached hydrogens (tertiary/aromatic N) is 3. The lowest BCUT2D eigenvalue weighted by atomic mass is 10.2. The number of carbonyl (C=O) groups excluding carboxylic acids is 1. The van der Waals surface area contributed by atoms with E-state index in [9.17, 15) is 14.9 Å². The Morgan fingerprint density at radius 1 is 1.35 bits per heavy atom. The number of carbonyl (C=O) groups is 1. The first kappa shape index (κ1) is 14.1. The molecule has 0 aliphatic rings. The van der Waals surface area contributed by atoms with Crippen LogP contribution in [0.2, 0.25) is 0 Å². The Morgan fingerprint density at radius 2 is 2.00 bits per heavy atom. The van der Waals surface area contributed by atoms with E-state index in [-0.39, 0.29) is 23.0 Å². The zero-order valence-corrected chi connectivity index (χ0v) is 12.0. The molecule has 2 rings (SSSR count). The Morgan fingerprint density at radius 3 is 2.55 bits per heavy atom. The zero-order valence-electron chi connectivity index (χ0n) is 9.82. The Balaban J connectivity index is 2.38. The van der Waals surface area contributed by atoms with Gasteiger partial charge in [0, 0.05) is 27.6 Å². The second kappa shape index (κ2) is 5.77. The maximum absolute atomic E-state index is 11.0. The average molecular weight is 386 g/mol. The first-order valence-electron chi connectivity index (χ1n) is 5.21. The topological polar surface area (TPSA) is 121 Å². The molecule has 0 radical (unpaired) electrons. The Hall–Kier alpha value is -2.30. The predicted octanol–water partition coefficient (Wildman–Crippen LogP) is 1.88. The molecule has 0 fully saturated rings. The predicted molar refractivity (Wildman–Crippen MR) is 76.4 cm³/mol. The molecule has 0 spiro atoms. The van der Waals surface area contributed by atoms with Crippen LogP contribution >= 0.6 is 22.6 Å². The first-order valence-corrected chi connectivity index (χ1v) is 6.29. The van der Waals surface area contributed by atoms with Crippen LogP contribution < -0.4 is 10.5 Å². The quantitative estimate of drug-likeness (QED) is 0.487. The van der Waals surface area contributed by atoms with E-state index in [1.165, 1.54) is 24.5 Å². The molecule has 0 aliphatic heterocycles. The molecule has 1 aromatic carbocycles. The number of nitro groups is 1. The summed E-state index contributed by atoms with van der Waals surface area (Å²) in [6.45, 7) is 0. The van der Waals surface area contributed by atoms with Crippen molar-refractivity contribution >= 4 is 34.2 Å². The van der Waals surface area contributed by atoms with E-state index in [0.717, 1.165) is 9.64 Å². The molecule has 0 saturated carbocycles. The van der Waals surface area contributed by atoms with Gasteiger partial charge in [-0.15, -0.1) is 0 Å². The highest BCUT2D eigenvalue weighted by atomic mass is 127. The molecule has 1 aromatic heterocycles. The molecule has 0 bridgehead atoms. The van der Waals surface area contributed by atoms with E-state index < -0.39 is 10.8 Å². The average Bonchev–Trinajstić information content (AvgIpc) is 2.41. The monoisotopic (exact) mass is 386 g/mol. The van der Waals surface area contributed by atoms with Crippen molar-refractivity contribution in [2.75, 3.05) is 0 Å². The Kier molecular flexibility index (Phi) is 4.08. The van der Waals surface area contributed by atoms with Gasteiger partial charge in [0.15, 0.2) is 0 Å². The lowest BCUT2D eigenvalue weighted by molar-refractivity contribution is -0.385. The summed E-state index contributed by atoms with van der Waals surface area (Å²) < 4.78 is 6.04. The van der Waals surface area contributed by atoms with E-state index in [2.05, 4.69) is 9.97 Å². The second-order valence-corrected chi connectivity index (χ2v) is 4.84. The maximum Gasteiger partial charge on any atom is 0.322 e. The number of amides is 1. The summed E-state index contributed by atoms with van der Waals surface area (Å²) in [6, 6.07) is 3.63. The van der Waals surface area contributed by atoms with E-state index in [1.54, 1.807) is 0 Å². The van der Waals surface area contributed by atoms with E-state index in [1.807, 2.05) is 22.6 Å². The third-order valence-electron chi connectivity index (χ3n) is 2.24. The van der Waals surface area contributed by atoms with Gasteiger partial charge >= 0.3 is 11.7 Å². The van der Waals surface area contributed by atoms with Crippen molar-refractivity contribution in [3.05, 3.63) is 49.8 Å². The number of primary amides is 1. The lowest BCUT2D eigenvalue weighted by Crippen LogP contribution is -2.11. The second-order valence-electron chi connectivity index (χ2n) is 3.59. The fraction of sp³-hybridized carbons (Fsp3) is 0. The van der Waals surface area contributed by atoms with Crippen LogP contribution in [0.1, 0.15) is 10.4 Å². The molecule has 0 saturated heterocycles. The molecule has 8 nitrogen and oxygen atoms in total. The van der Waals surface area contributed by atoms with E-state index in [4.69, 9.17) is 10.5 Å². The van der Waals surface area contributed by atoms with Gasteiger partial charge in [0.1, 0.15) is 0 Å². The molecule has 2 aromatic rings. The minimum absolute atomic E-state index is 0.0209. The Labute approximate surface area is 126 Å². The molecule has 0 atom stereocenters. The number of halogens is 1. The number of nitro benzene ring substituents is 1. The summed E-state index contributed by atoms with van der Waals surface area (Å²) in [5.41, 5.74) is 4.71. The molecule has 9 heteroatoms. The van der Waals surface area contributed by atoms with Gasteiger partial charge in [-0.2, -0.15) is 0 Å². The SMILES string of the molecule is NC(=O)c1ccc(Oc2ncc(I)cn2)c([N+](=O)[O-])c1. The smallest absolute Gasteiger partial charge is 0.322 e. The molecule has 1 heterocycles. The summed E-state index contributed by atoms with van der Waals surface area (Å²) in [4.78, 5) is 29.1. The number of benzene rings is 1. The van der Waals surface area contributed by atoms with Crippen molar-refractivity contribution in [1.82, 2.24) is 9.97 Å². The van der Waals surface area contributed by atoms with Crippen molar-refractivity contribution in [3.8, 4) is 11.8 Å². The number of rotatable bonds is 4. The molecule has 102 valence electrons. The van der Waals surface area contributed by atoms with Crippen LogP contribution in [0, 0.1) is 13.7 Å². The van der Waals surface area contributed by atoms with Crippen LogP contribution in [-0.2, 0) is 0 Å². The highest BCUT2D eigenvalue weighted by Gasteiger charge is 2.19. The van der Waals surface area contributed by atoms with Crippen molar-refractivity contribution < 1.29 is 14.5 Å². The normalized spacial score (nSPS) is 10.1. The van der Waals surface area contributed by atoms with Crippen LogP contribution in [0.4, 0.5) is 5.69 Å². The summed E-state index contributed by atoms with van der Waals surface area (Å²) in [5.74, 6) is -0.827. The number of nitrogens with two attached hydrogens (primary N) is 1. The van der Waals surface area contributed by atoms with E-state index >= 15 is 0 Å². The van der Waals surface area contributed by atoms with Crippen LogP contribution in [0.25, 0.3) is 0 Å². The highest BCUT2D eigenvalue weighted by Crippen LogP contribution is 2.30. The summed E-state index contributed by atoms with van der Waals surface area (Å²) in [7, 11) is 0. The van der Waals surface area contributed by atoms with Crippen molar-refractivity contribution in [3.63, 3.8) is 0 Å². The molecule has 1 amide bonds. The maximum atomic E-state index is 11.0. The summed E-state index contributed by atoms with van der Waals surface area (Å²) in [5, 5.41) is 11.0. The number of aromatic nitrogens is 2. The van der Waals surface area contributed by atoms with Crippen molar-refractivity contribution in [2.24, 2.45) is 5.73 Å². The highest BCUT2D eigenvalue weighted by molar-refractivity contribution is 14.1. The van der Waals surface area contributed by atoms with Crippen molar-refractivity contribution in [2.45, 2.75) is 0 Å². The molecule has 0 aliphatic carbocycles. The summed E-state index contributed by atoms with van der Waals surface area (Å²) >= 11 is 2.02. The fourth-order valence-corrected chi connectivity index (χ4v) is 1.63. The van der Waals surface area contributed by atoms with Crippen molar-refractivity contribution in [1.29, 1.82) is 0 Å². The van der Waals surface area contributed by atoms with Crippen LogP contribution in [-0.4, -0.2) is 20.8 Å². The third-order valence-corrected chi connectivity index (χ3v) is 2.80. The van der Waals surface area contributed by atoms with Gasteiger partial charge in [-0.05, 0) is 34.7 Å². The lowest BCUT2D eigenvalue weighted by Gasteiger charge is -2.05. The number of ether oxygens (including phenoxy) is 1. The molecule has 2 N–H and O–H groups in total. The van der Waals surface area contributed by atoms with Gasteiger partial charge in [-0.25, -0.2) is 9.97 Å². The Bertz CT molecular complexity index is 675. The van der Waals surface area contributed by atoms with Gasteiger partial charge in [0.25, 0.3) is 0 Å². The molecule has 0 unspecified atom stereocenters. The largest absolute Gasteiger partial charge is 0.417 e. The minimum Gasteiger partial charge on any atom is -0.417 e. The van der Waals surface area contributed by atoms with Gasteiger partial charge < -0.3 is 10.5 Å². The number of hydrogen-bond donors (Lipinski definition) is 1.